The smallest absolute Gasteiger partial charge is 0.130 e. The number of nitrogens with one attached hydrogen (secondary N) is 1. The molecule has 1 N–H and O–H groups in total. The fourth-order valence-electron chi connectivity index (χ4n) is 2.31. The fraction of sp³-hybridized carbons (Fsp3) is 0.250. The monoisotopic (exact) mass is 239 g/mol. The topological polar surface area (TPSA) is 21.3 Å². The zero-order valence-corrected chi connectivity index (χ0v) is 10.4. The molecule has 1 heterocycles. The molecule has 0 radical (unpaired) electrons. The minimum Gasteiger partial charge on any atom is -0.457 e. The maximum absolute atomic E-state index is 6.09. The minimum atomic E-state index is 0.980. The molecule has 0 saturated carbocycles. The summed E-state index contributed by atoms with van der Waals surface area (Å²) in [6.07, 6.45) is 2.02. The SMILES string of the molecule is c1ccc2c(c1)CCNCCc1ccccc1O2. The second kappa shape index (κ2) is 5.23. The first-order valence-corrected chi connectivity index (χ1v) is 6.48. The summed E-state index contributed by atoms with van der Waals surface area (Å²) in [5.41, 5.74) is 2.53. The second-order valence-corrected chi connectivity index (χ2v) is 4.57. The first kappa shape index (κ1) is 11.3. The molecule has 1 aliphatic rings. The van der Waals surface area contributed by atoms with Crippen molar-refractivity contribution in [1.82, 2.24) is 5.32 Å². The summed E-state index contributed by atoms with van der Waals surface area (Å²) in [7, 11) is 0. The summed E-state index contributed by atoms with van der Waals surface area (Å²) in [4.78, 5) is 0. The van der Waals surface area contributed by atoms with Gasteiger partial charge in [-0.25, -0.2) is 0 Å². The first-order valence-electron chi connectivity index (χ1n) is 6.48. The maximum atomic E-state index is 6.09. The molecule has 2 heteroatoms. The van der Waals surface area contributed by atoms with Gasteiger partial charge in [0.2, 0.25) is 0 Å². The molecular formula is C16H17NO. The van der Waals surface area contributed by atoms with E-state index in [0.717, 1.165) is 37.4 Å². The summed E-state index contributed by atoms with van der Waals surface area (Å²) in [6, 6.07) is 16.6. The molecule has 1 aliphatic heterocycles. The molecule has 0 fully saturated rings. The zero-order chi connectivity index (χ0) is 12.2. The van der Waals surface area contributed by atoms with E-state index in [1.807, 2.05) is 24.3 Å². The largest absolute Gasteiger partial charge is 0.457 e. The van der Waals surface area contributed by atoms with E-state index < -0.39 is 0 Å². The van der Waals surface area contributed by atoms with Crippen LogP contribution in [0, 0.1) is 0 Å². The van der Waals surface area contributed by atoms with Crippen molar-refractivity contribution in [1.29, 1.82) is 0 Å². The van der Waals surface area contributed by atoms with Crippen molar-refractivity contribution in [3.63, 3.8) is 0 Å². The van der Waals surface area contributed by atoms with Gasteiger partial charge in [-0.05, 0) is 49.2 Å². The van der Waals surface area contributed by atoms with E-state index in [2.05, 4.69) is 29.6 Å². The van der Waals surface area contributed by atoms with Crippen LogP contribution in [0.3, 0.4) is 0 Å². The summed E-state index contributed by atoms with van der Waals surface area (Å²) >= 11 is 0. The highest BCUT2D eigenvalue weighted by Crippen LogP contribution is 2.29. The van der Waals surface area contributed by atoms with Gasteiger partial charge in [-0.15, -0.1) is 0 Å². The standard InChI is InChI=1S/C16H17NO/c1-3-7-15-13(5-1)9-11-17-12-10-14-6-2-4-8-16(14)18-15/h1-8,17H,9-12H2. The van der Waals surface area contributed by atoms with Crippen molar-refractivity contribution < 1.29 is 4.74 Å². The van der Waals surface area contributed by atoms with E-state index in [9.17, 15) is 0 Å². The Morgan fingerprint density at radius 2 is 1.22 bits per heavy atom. The second-order valence-electron chi connectivity index (χ2n) is 4.57. The van der Waals surface area contributed by atoms with Gasteiger partial charge in [-0.3, -0.25) is 0 Å². The molecule has 92 valence electrons. The molecule has 0 atom stereocenters. The van der Waals surface area contributed by atoms with Crippen LogP contribution in [0.1, 0.15) is 11.1 Å². The molecule has 0 saturated heterocycles. The maximum Gasteiger partial charge on any atom is 0.130 e. The zero-order valence-electron chi connectivity index (χ0n) is 10.4. The van der Waals surface area contributed by atoms with E-state index in [1.54, 1.807) is 0 Å². The Bertz CT molecular complexity index is 489. The van der Waals surface area contributed by atoms with Gasteiger partial charge >= 0.3 is 0 Å². The predicted octanol–water partition coefficient (Wildman–Crippen LogP) is 3.17. The first-order chi connectivity index (χ1) is 8.93. The highest BCUT2D eigenvalue weighted by Gasteiger charge is 2.09. The highest BCUT2D eigenvalue weighted by molar-refractivity contribution is 5.41. The van der Waals surface area contributed by atoms with Crippen LogP contribution in [0.4, 0.5) is 0 Å². The Kier molecular flexibility index (Phi) is 3.29. The van der Waals surface area contributed by atoms with Crippen LogP contribution in [-0.2, 0) is 12.8 Å². The third-order valence-corrected chi connectivity index (χ3v) is 3.31. The van der Waals surface area contributed by atoms with Gasteiger partial charge in [0.1, 0.15) is 11.5 Å². The third-order valence-electron chi connectivity index (χ3n) is 3.31. The van der Waals surface area contributed by atoms with Gasteiger partial charge < -0.3 is 10.1 Å². The van der Waals surface area contributed by atoms with Gasteiger partial charge in [-0.1, -0.05) is 36.4 Å². The van der Waals surface area contributed by atoms with Crippen LogP contribution in [0.2, 0.25) is 0 Å². The quantitative estimate of drug-likeness (QED) is 0.762. The Hall–Kier alpha value is -1.80. The van der Waals surface area contributed by atoms with Gasteiger partial charge in [0, 0.05) is 0 Å². The molecule has 3 rings (SSSR count). The summed E-state index contributed by atoms with van der Waals surface area (Å²) in [5, 5.41) is 3.48. The number of para-hydroxylation sites is 2. The molecule has 2 nitrogen and oxygen atoms in total. The van der Waals surface area contributed by atoms with Gasteiger partial charge in [0.05, 0.1) is 0 Å². The van der Waals surface area contributed by atoms with E-state index in [1.165, 1.54) is 11.1 Å². The summed E-state index contributed by atoms with van der Waals surface area (Å²) in [5.74, 6) is 1.96. The van der Waals surface area contributed by atoms with Crippen molar-refractivity contribution in [2.45, 2.75) is 12.8 Å². The number of hydrogen-bond donors (Lipinski definition) is 1. The van der Waals surface area contributed by atoms with Crippen LogP contribution in [0.25, 0.3) is 0 Å². The molecule has 2 aromatic carbocycles. The Balaban J connectivity index is 2.00. The van der Waals surface area contributed by atoms with E-state index in [4.69, 9.17) is 4.74 Å². The lowest BCUT2D eigenvalue weighted by molar-refractivity contribution is 0.464. The minimum absolute atomic E-state index is 0.980. The van der Waals surface area contributed by atoms with E-state index in [0.29, 0.717) is 0 Å². The van der Waals surface area contributed by atoms with Crippen LogP contribution in [-0.4, -0.2) is 13.1 Å². The number of benzene rings is 2. The number of ether oxygens (including phenoxy) is 1. The number of hydrogen-bond acceptors (Lipinski definition) is 2. The normalized spacial score (nSPS) is 15.1. The summed E-state index contributed by atoms with van der Waals surface area (Å²) in [6.45, 7) is 2.01. The molecule has 18 heavy (non-hydrogen) atoms. The molecule has 0 unspecified atom stereocenters. The van der Waals surface area contributed by atoms with E-state index in [-0.39, 0.29) is 0 Å². The fourth-order valence-corrected chi connectivity index (χ4v) is 2.31. The van der Waals surface area contributed by atoms with Crippen molar-refractivity contribution in [3.8, 4) is 11.5 Å². The third kappa shape index (κ3) is 2.39. The lowest BCUT2D eigenvalue weighted by Crippen LogP contribution is -2.21. The Morgan fingerprint density at radius 1 is 0.722 bits per heavy atom. The molecule has 0 aromatic heterocycles. The van der Waals surface area contributed by atoms with Crippen molar-refractivity contribution >= 4 is 0 Å². The van der Waals surface area contributed by atoms with Crippen molar-refractivity contribution in [2.24, 2.45) is 0 Å². The van der Waals surface area contributed by atoms with E-state index >= 15 is 0 Å². The molecule has 0 spiro atoms. The van der Waals surface area contributed by atoms with Crippen molar-refractivity contribution in [2.75, 3.05) is 13.1 Å². The lowest BCUT2D eigenvalue weighted by atomic mass is 10.1. The summed E-state index contributed by atoms with van der Waals surface area (Å²) < 4.78 is 6.09. The van der Waals surface area contributed by atoms with Crippen molar-refractivity contribution in [3.05, 3.63) is 59.7 Å². The molecule has 0 bridgehead atoms. The molecule has 0 amide bonds. The van der Waals surface area contributed by atoms with Gasteiger partial charge in [0.15, 0.2) is 0 Å². The lowest BCUT2D eigenvalue weighted by Gasteiger charge is -2.16. The average molecular weight is 239 g/mol. The highest BCUT2D eigenvalue weighted by atomic mass is 16.5. The number of rotatable bonds is 0. The molecule has 0 aliphatic carbocycles. The number of fused-ring (bicyclic) bond motifs is 2. The molecule has 2 aromatic rings. The van der Waals surface area contributed by atoms with Crippen LogP contribution < -0.4 is 10.1 Å². The van der Waals surface area contributed by atoms with Crippen LogP contribution in [0.15, 0.2) is 48.5 Å². The Morgan fingerprint density at radius 3 is 1.78 bits per heavy atom. The van der Waals surface area contributed by atoms with Crippen LogP contribution >= 0.6 is 0 Å². The Labute approximate surface area is 108 Å². The van der Waals surface area contributed by atoms with Gasteiger partial charge in [0.25, 0.3) is 0 Å². The molecular weight excluding hydrogens is 222 g/mol. The average Bonchev–Trinajstić information content (AvgIpc) is 2.42. The predicted molar refractivity (Wildman–Crippen MR) is 73.2 cm³/mol. The van der Waals surface area contributed by atoms with Gasteiger partial charge in [-0.2, -0.15) is 0 Å². The van der Waals surface area contributed by atoms with Crippen LogP contribution in [0.5, 0.6) is 11.5 Å².